The summed E-state index contributed by atoms with van der Waals surface area (Å²) in [6, 6.07) is 2.34. The number of fused-ring (bicyclic) bond motifs is 1. The summed E-state index contributed by atoms with van der Waals surface area (Å²) in [5.74, 6) is 1.09. The summed E-state index contributed by atoms with van der Waals surface area (Å²) in [6.45, 7) is 5.29. The lowest BCUT2D eigenvalue weighted by Crippen LogP contribution is -2.03. The molecule has 1 aliphatic carbocycles. The quantitative estimate of drug-likeness (QED) is 0.810. The summed E-state index contributed by atoms with van der Waals surface area (Å²) in [6.07, 6.45) is 6.32. The second-order valence-corrected chi connectivity index (χ2v) is 5.26. The van der Waals surface area contributed by atoms with Crippen LogP contribution >= 0.6 is 0 Å². The van der Waals surface area contributed by atoms with Crippen molar-refractivity contribution in [2.45, 2.75) is 39.2 Å². The van der Waals surface area contributed by atoms with Gasteiger partial charge in [-0.1, -0.05) is 13.8 Å². The summed E-state index contributed by atoms with van der Waals surface area (Å²) in [5.41, 5.74) is 2.74. The van der Waals surface area contributed by atoms with E-state index in [0.717, 1.165) is 23.4 Å². The van der Waals surface area contributed by atoms with Crippen LogP contribution in [0.25, 0.3) is 5.65 Å². The first-order chi connectivity index (χ1) is 8.20. The molecule has 0 saturated heterocycles. The van der Waals surface area contributed by atoms with Crippen LogP contribution in [0.2, 0.25) is 0 Å². The minimum atomic E-state index is 0.525. The second kappa shape index (κ2) is 3.63. The molecule has 17 heavy (non-hydrogen) atoms. The summed E-state index contributed by atoms with van der Waals surface area (Å²) in [4.78, 5) is 0. The van der Waals surface area contributed by atoms with Crippen LogP contribution in [0.4, 0.5) is 0 Å². The van der Waals surface area contributed by atoms with Gasteiger partial charge in [-0.2, -0.15) is 10.4 Å². The van der Waals surface area contributed by atoms with Crippen molar-refractivity contribution < 1.29 is 0 Å². The Morgan fingerprint density at radius 3 is 2.82 bits per heavy atom. The van der Waals surface area contributed by atoms with E-state index < -0.39 is 0 Å². The number of aromatic nitrogens is 3. The molecule has 3 rings (SSSR count). The van der Waals surface area contributed by atoms with E-state index in [9.17, 15) is 5.26 Å². The van der Waals surface area contributed by atoms with Gasteiger partial charge < -0.3 is 4.57 Å². The summed E-state index contributed by atoms with van der Waals surface area (Å²) >= 11 is 0. The second-order valence-electron chi connectivity index (χ2n) is 5.26. The highest BCUT2D eigenvalue weighted by Crippen LogP contribution is 2.41. The zero-order valence-corrected chi connectivity index (χ0v) is 10.2. The molecule has 88 valence electrons. The third-order valence-corrected chi connectivity index (χ3v) is 3.21. The van der Waals surface area contributed by atoms with Gasteiger partial charge in [0.25, 0.3) is 0 Å². The molecule has 0 bridgehead atoms. The highest BCUT2D eigenvalue weighted by molar-refractivity contribution is 5.60. The van der Waals surface area contributed by atoms with Gasteiger partial charge in [0.2, 0.25) is 0 Å². The number of imidazole rings is 1. The van der Waals surface area contributed by atoms with Crippen molar-refractivity contribution in [2.75, 3.05) is 0 Å². The van der Waals surface area contributed by atoms with E-state index in [4.69, 9.17) is 0 Å². The van der Waals surface area contributed by atoms with E-state index in [-0.39, 0.29) is 0 Å². The number of hydrogen-bond donors (Lipinski definition) is 0. The molecule has 0 aromatic carbocycles. The summed E-state index contributed by atoms with van der Waals surface area (Å²) < 4.78 is 4.00. The van der Waals surface area contributed by atoms with E-state index in [1.807, 2.05) is 16.9 Å². The Kier molecular flexibility index (Phi) is 2.22. The molecule has 1 aliphatic rings. The molecule has 0 radical (unpaired) electrons. The molecule has 0 atom stereocenters. The minimum Gasteiger partial charge on any atom is -0.330 e. The van der Waals surface area contributed by atoms with E-state index in [0.29, 0.717) is 11.8 Å². The lowest BCUT2D eigenvalue weighted by molar-refractivity contribution is 0.533. The van der Waals surface area contributed by atoms with Crippen LogP contribution in [0.3, 0.4) is 0 Å². The maximum Gasteiger partial charge on any atom is 0.154 e. The Bertz CT molecular complexity index is 593. The fraction of sp³-hybridized carbons (Fsp3) is 0.538. The summed E-state index contributed by atoms with van der Waals surface area (Å²) in [5, 5.41) is 13.9. The maximum atomic E-state index is 9.34. The first-order valence-corrected chi connectivity index (χ1v) is 6.18. The number of nitrogens with zero attached hydrogens (tertiary/aromatic N) is 4. The van der Waals surface area contributed by atoms with Crippen LogP contribution in [0.5, 0.6) is 0 Å². The first-order valence-electron chi connectivity index (χ1n) is 6.18. The number of nitriles is 1. The first kappa shape index (κ1) is 10.4. The van der Waals surface area contributed by atoms with Crippen molar-refractivity contribution in [1.29, 1.82) is 5.26 Å². The minimum absolute atomic E-state index is 0.525. The molecule has 0 amide bonds. The molecule has 2 heterocycles. The molecule has 1 fully saturated rings. The topological polar surface area (TPSA) is 46.0 Å². The van der Waals surface area contributed by atoms with Crippen LogP contribution in [0.1, 0.15) is 43.9 Å². The molecule has 2 aromatic heterocycles. The van der Waals surface area contributed by atoms with Crippen molar-refractivity contribution in [1.82, 2.24) is 14.2 Å². The van der Waals surface area contributed by atoms with E-state index in [1.54, 1.807) is 0 Å². The highest BCUT2D eigenvalue weighted by atomic mass is 15.3. The van der Waals surface area contributed by atoms with Gasteiger partial charge in [-0.3, -0.25) is 0 Å². The normalized spacial score (nSPS) is 15.6. The third-order valence-electron chi connectivity index (χ3n) is 3.21. The Hall–Kier alpha value is -1.76. The predicted molar refractivity (Wildman–Crippen MR) is 64.7 cm³/mol. The highest BCUT2D eigenvalue weighted by Gasteiger charge is 2.31. The van der Waals surface area contributed by atoms with Crippen LogP contribution in [-0.2, 0) is 6.54 Å². The fourth-order valence-electron chi connectivity index (χ4n) is 2.33. The Morgan fingerprint density at radius 1 is 1.47 bits per heavy atom. The van der Waals surface area contributed by atoms with E-state index >= 15 is 0 Å². The largest absolute Gasteiger partial charge is 0.330 e. The standard InChI is InChI=1S/C13H16N4/c1-9(2)8-16-5-6-17-13(16)11(7-14)12(15-17)10-3-4-10/h5-6,9-10H,3-4,8H2,1-2H3. The van der Waals surface area contributed by atoms with Crippen LogP contribution in [-0.4, -0.2) is 14.2 Å². The van der Waals surface area contributed by atoms with Gasteiger partial charge in [-0.05, 0) is 18.8 Å². The van der Waals surface area contributed by atoms with E-state index in [1.165, 1.54) is 12.8 Å². The summed E-state index contributed by atoms with van der Waals surface area (Å²) in [7, 11) is 0. The third kappa shape index (κ3) is 1.62. The van der Waals surface area contributed by atoms with Crippen molar-refractivity contribution in [3.63, 3.8) is 0 Å². The van der Waals surface area contributed by atoms with Gasteiger partial charge in [0.05, 0.1) is 5.69 Å². The Balaban J connectivity index is 2.15. The van der Waals surface area contributed by atoms with Gasteiger partial charge in [0.15, 0.2) is 5.65 Å². The van der Waals surface area contributed by atoms with Crippen LogP contribution in [0.15, 0.2) is 12.4 Å². The monoisotopic (exact) mass is 228 g/mol. The number of hydrogen-bond acceptors (Lipinski definition) is 2. The smallest absolute Gasteiger partial charge is 0.154 e. The van der Waals surface area contributed by atoms with Crippen LogP contribution < -0.4 is 0 Å². The average molecular weight is 228 g/mol. The Labute approximate surface area is 100 Å². The maximum absolute atomic E-state index is 9.34. The zero-order valence-electron chi connectivity index (χ0n) is 10.2. The van der Waals surface area contributed by atoms with E-state index in [2.05, 4.69) is 29.6 Å². The van der Waals surface area contributed by atoms with Gasteiger partial charge in [-0.25, -0.2) is 4.52 Å². The predicted octanol–water partition coefficient (Wildman–Crippen LogP) is 2.54. The molecule has 2 aromatic rings. The zero-order chi connectivity index (χ0) is 12.0. The average Bonchev–Trinajstić information content (AvgIpc) is 2.96. The molecule has 0 unspecified atom stereocenters. The van der Waals surface area contributed by atoms with Gasteiger partial charge in [0, 0.05) is 24.9 Å². The lowest BCUT2D eigenvalue weighted by atomic mass is 10.2. The molecule has 1 saturated carbocycles. The fourth-order valence-corrected chi connectivity index (χ4v) is 2.33. The molecule has 4 heteroatoms. The van der Waals surface area contributed by atoms with Gasteiger partial charge in [-0.15, -0.1) is 0 Å². The molecular formula is C13H16N4. The molecule has 4 nitrogen and oxygen atoms in total. The van der Waals surface area contributed by atoms with Crippen molar-refractivity contribution in [3.8, 4) is 6.07 Å². The van der Waals surface area contributed by atoms with Gasteiger partial charge >= 0.3 is 0 Å². The SMILES string of the molecule is CC(C)Cn1ccn2nc(C3CC3)c(C#N)c12. The molecular weight excluding hydrogens is 212 g/mol. The van der Waals surface area contributed by atoms with Crippen molar-refractivity contribution in [3.05, 3.63) is 23.7 Å². The van der Waals surface area contributed by atoms with Crippen molar-refractivity contribution >= 4 is 5.65 Å². The van der Waals surface area contributed by atoms with Crippen LogP contribution in [0, 0.1) is 17.2 Å². The molecule has 0 N–H and O–H groups in total. The Morgan fingerprint density at radius 2 is 2.24 bits per heavy atom. The molecule has 0 spiro atoms. The molecule has 0 aliphatic heterocycles. The lowest BCUT2D eigenvalue weighted by Gasteiger charge is -2.06. The van der Waals surface area contributed by atoms with Crippen molar-refractivity contribution in [2.24, 2.45) is 5.92 Å². The van der Waals surface area contributed by atoms with Gasteiger partial charge in [0.1, 0.15) is 11.6 Å². The number of rotatable bonds is 3.